The van der Waals surface area contributed by atoms with Crippen LogP contribution in [0.15, 0.2) is 24.3 Å². The average molecular weight is 397 g/mol. The number of hydrogen-bond acceptors (Lipinski definition) is 7. The molecule has 6 nitrogen and oxygen atoms in total. The molecule has 152 valence electrons. The molecule has 0 aliphatic carbocycles. The predicted octanol–water partition coefficient (Wildman–Crippen LogP) is 1.76. The Morgan fingerprint density at radius 3 is 2.89 bits per heavy atom. The number of methoxy groups -OCH3 is 1. The Balaban J connectivity index is 1.68. The van der Waals surface area contributed by atoms with Crippen LogP contribution in [-0.2, 0) is 16.1 Å². The van der Waals surface area contributed by atoms with Crippen LogP contribution in [-0.4, -0.2) is 74.0 Å². The number of nitrogens with one attached hydrogen (secondary N) is 1. The van der Waals surface area contributed by atoms with Gasteiger partial charge in [0.25, 0.3) is 0 Å². The number of carbonyl (C=O) groups excluding carboxylic acids is 1. The molecular weight excluding hydrogens is 364 g/mol. The molecule has 1 saturated heterocycles. The summed E-state index contributed by atoms with van der Waals surface area (Å²) < 4.78 is 10.6. The molecule has 0 spiro atoms. The number of aliphatic hydroxyl groups is 1. The maximum absolute atomic E-state index is 11.6. The highest BCUT2D eigenvalue weighted by Gasteiger charge is 2.26. The van der Waals surface area contributed by atoms with Gasteiger partial charge in [0.15, 0.2) is 0 Å². The molecule has 0 saturated carbocycles. The first-order valence-corrected chi connectivity index (χ1v) is 10.9. The van der Waals surface area contributed by atoms with Gasteiger partial charge in [-0.05, 0) is 49.9 Å². The van der Waals surface area contributed by atoms with Gasteiger partial charge >= 0.3 is 5.97 Å². The van der Waals surface area contributed by atoms with E-state index >= 15 is 0 Å². The van der Waals surface area contributed by atoms with Crippen molar-refractivity contribution in [3.63, 3.8) is 0 Å². The molecular formula is C20H32N2O4S. The van der Waals surface area contributed by atoms with Crippen molar-refractivity contribution in [2.45, 2.75) is 25.5 Å². The fourth-order valence-electron chi connectivity index (χ4n) is 3.21. The Morgan fingerprint density at radius 2 is 2.19 bits per heavy atom. The van der Waals surface area contributed by atoms with E-state index in [4.69, 9.17) is 9.47 Å². The van der Waals surface area contributed by atoms with Crippen molar-refractivity contribution in [3.8, 4) is 5.75 Å². The number of likely N-dealkylation sites (tertiary alicyclic amines) is 1. The van der Waals surface area contributed by atoms with Gasteiger partial charge in [-0.15, -0.1) is 0 Å². The first-order chi connectivity index (χ1) is 13.1. The minimum absolute atomic E-state index is 0.00749. The van der Waals surface area contributed by atoms with E-state index in [1.165, 1.54) is 12.7 Å². The Kier molecular flexibility index (Phi) is 9.97. The zero-order valence-corrected chi connectivity index (χ0v) is 17.2. The van der Waals surface area contributed by atoms with E-state index in [-0.39, 0.29) is 18.5 Å². The summed E-state index contributed by atoms with van der Waals surface area (Å²) in [5.74, 6) is 1.75. The lowest BCUT2D eigenvalue weighted by Crippen LogP contribution is -2.42. The quantitative estimate of drug-likeness (QED) is 0.436. The second kappa shape index (κ2) is 12.2. The average Bonchev–Trinajstić information content (AvgIpc) is 2.70. The number of thioether (sulfide) groups is 1. The summed E-state index contributed by atoms with van der Waals surface area (Å²) in [6, 6.07) is 7.98. The predicted molar refractivity (Wildman–Crippen MR) is 109 cm³/mol. The summed E-state index contributed by atoms with van der Waals surface area (Å²) in [7, 11) is 1.44. The molecule has 2 rings (SSSR count). The Bertz CT molecular complexity index is 565. The number of nitrogens with zero attached hydrogens (tertiary/aromatic N) is 1. The lowest BCUT2D eigenvalue weighted by molar-refractivity contribution is -0.147. The third-order valence-corrected chi connectivity index (χ3v) is 5.36. The molecule has 0 amide bonds. The molecule has 1 aromatic carbocycles. The standard InChI is InChI=1S/C20H32N2O4S/c1-25-20(24)17-6-9-22(10-7-17)14-18(23)15-26-19-5-3-4-16(12-19)13-21-8-11-27-2/h3-5,12,17-18,21,23H,6-11,13-15H2,1-2H3/t18-/m0/s1. The van der Waals surface area contributed by atoms with E-state index in [1.54, 1.807) is 0 Å². The van der Waals surface area contributed by atoms with Gasteiger partial charge in [-0.2, -0.15) is 11.8 Å². The molecule has 27 heavy (non-hydrogen) atoms. The van der Waals surface area contributed by atoms with Crippen LogP contribution in [0.3, 0.4) is 0 Å². The SMILES string of the molecule is COC(=O)C1CCN(C[C@H](O)COc2cccc(CNCCSC)c2)CC1. The van der Waals surface area contributed by atoms with Crippen molar-refractivity contribution in [1.29, 1.82) is 0 Å². The van der Waals surface area contributed by atoms with Crippen LogP contribution < -0.4 is 10.1 Å². The third-order valence-electron chi connectivity index (χ3n) is 4.74. The van der Waals surface area contributed by atoms with E-state index in [0.717, 1.165) is 50.5 Å². The van der Waals surface area contributed by atoms with Crippen molar-refractivity contribution in [2.75, 3.05) is 51.9 Å². The number of ether oxygens (including phenoxy) is 2. The van der Waals surface area contributed by atoms with E-state index in [1.807, 2.05) is 30.0 Å². The zero-order chi connectivity index (χ0) is 19.5. The first-order valence-electron chi connectivity index (χ1n) is 9.52. The summed E-state index contributed by atoms with van der Waals surface area (Å²) in [4.78, 5) is 13.7. The summed E-state index contributed by atoms with van der Waals surface area (Å²) in [6.07, 6.45) is 3.11. The van der Waals surface area contributed by atoms with Gasteiger partial charge in [-0.3, -0.25) is 4.79 Å². The second-order valence-corrected chi connectivity index (χ2v) is 7.87. The van der Waals surface area contributed by atoms with Crippen LogP contribution in [0.25, 0.3) is 0 Å². The summed E-state index contributed by atoms with van der Waals surface area (Å²) in [5, 5.41) is 13.7. The summed E-state index contributed by atoms with van der Waals surface area (Å²) in [5.41, 5.74) is 1.17. The molecule has 1 heterocycles. The monoisotopic (exact) mass is 396 g/mol. The molecule has 0 radical (unpaired) electrons. The number of piperidine rings is 1. The molecule has 7 heteroatoms. The van der Waals surface area contributed by atoms with Gasteiger partial charge in [0, 0.05) is 25.4 Å². The third kappa shape index (κ3) is 8.09. The van der Waals surface area contributed by atoms with Crippen molar-refractivity contribution >= 4 is 17.7 Å². The molecule has 0 aromatic heterocycles. The summed E-state index contributed by atoms with van der Waals surface area (Å²) >= 11 is 1.83. The van der Waals surface area contributed by atoms with Gasteiger partial charge in [0.2, 0.25) is 0 Å². The van der Waals surface area contributed by atoms with Crippen LogP contribution in [0.4, 0.5) is 0 Å². The van der Waals surface area contributed by atoms with Crippen molar-refractivity contribution in [3.05, 3.63) is 29.8 Å². The van der Waals surface area contributed by atoms with Gasteiger partial charge < -0.3 is 24.8 Å². The molecule has 0 unspecified atom stereocenters. The van der Waals surface area contributed by atoms with E-state index in [2.05, 4.69) is 22.5 Å². The van der Waals surface area contributed by atoms with Gasteiger partial charge in [0.1, 0.15) is 18.5 Å². The van der Waals surface area contributed by atoms with Crippen molar-refractivity contribution in [1.82, 2.24) is 10.2 Å². The first kappa shape index (κ1) is 22.0. The molecule has 2 N–H and O–H groups in total. The Morgan fingerprint density at radius 1 is 1.41 bits per heavy atom. The maximum atomic E-state index is 11.6. The lowest BCUT2D eigenvalue weighted by Gasteiger charge is -2.31. The largest absolute Gasteiger partial charge is 0.491 e. The van der Waals surface area contributed by atoms with Gasteiger partial charge in [-0.25, -0.2) is 0 Å². The van der Waals surface area contributed by atoms with Crippen LogP contribution in [0.1, 0.15) is 18.4 Å². The second-order valence-electron chi connectivity index (χ2n) is 6.88. The minimum atomic E-state index is -0.553. The highest BCUT2D eigenvalue weighted by Crippen LogP contribution is 2.19. The van der Waals surface area contributed by atoms with E-state index < -0.39 is 6.10 Å². The van der Waals surface area contributed by atoms with E-state index in [9.17, 15) is 9.90 Å². The number of benzene rings is 1. The molecule has 1 aliphatic heterocycles. The fourth-order valence-corrected chi connectivity index (χ4v) is 3.56. The highest BCUT2D eigenvalue weighted by molar-refractivity contribution is 7.98. The Labute approximate surface area is 166 Å². The van der Waals surface area contributed by atoms with Crippen LogP contribution >= 0.6 is 11.8 Å². The maximum Gasteiger partial charge on any atom is 0.308 e. The fraction of sp³-hybridized carbons (Fsp3) is 0.650. The Hall–Kier alpha value is -1.28. The van der Waals surface area contributed by atoms with Crippen LogP contribution in [0, 0.1) is 5.92 Å². The van der Waals surface area contributed by atoms with Crippen LogP contribution in [0.2, 0.25) is 0 Å². The number of aliphatic hydroxyl groups excluding tert-OH is 1. The van der Waals surface area contributed by atoms with Gasteiger partial charge in [0.05, 0.1) is 13.0 Å². The number of rotatable bonds is 11. The van der Waals surface area contributed by atoms with E-state index in [0.29, 0.717) is 6.54 Å². The molecule has 1 fully saturated rings. The minimum Gasteiger partial charge on any atom is -0.491 e. The molecule has 1 aromatic rings. The smallest absolute Gasteiger partial charge is 0.308 e. The van der Waals surface area contributed by atoms with Gasteiger partial charge in [-0.1, -0.05) is 12.1 Å². The van der Waals surface area contributed by atoms with Crippen molar-refractivity contribution < 1.29 is 19.4 Å². The number of β-amino-alcohol motifs (C(OH)–C–C–N with tert-alkyl or cyclic N) is 1. The zero-order valence-electron chi connectivity index (χ0n) is 16.4. The lowest BCUT2D eigenvalue weighted by atomic mass is 9.97. The molecule has 1 atom stereocenters. The number of esters is 1. The summed E-state index contributed by atoms with van der Waals surface area (Å²) in [6.45, 7) is 4.22. The molecule has 1 aliphatic rings. The highest BCUT2D eigenvalue weighted by atomic mass is 32.2. The number of carbonyl (C=O) groups is 1. The topological polar surface area (TPSA) is 71.0 Å². The number of hydrogen-bond donors (Lipinski definition) is 2. The van der Waals surface area contributed by atoms with Crippen molar-refractivity contribution in [2.24, 2.45) is 5.92 Å². The molecule has 0 bridgehead atoms. The van der Waals surface area contributed by atoms with Crippen LogP contribution in [0.5, 0.6) is 5.75 Å². The normalized spacial score (nSPS) is 16.9.